The van der Waals surface area contributed by atoms with Gasteiger partial charge >= 0.3 is 17.9 Å². The summed E-state index contributed by atoms with van der Waals surface area (Å²) in [6.07, 6.45) is 83.8. The molecule has 0 aromatic rings. The van der Waals surface area contributed by atoms with Crippen LogP contribution in [0, 0.1) is 0 Å². The number of carbonyl (C=O) groups excluding carboxylic acids is 3. The molecule has 0 radical (unpaired) electrons. The summed E-state index contributed by atoms with van der Waals surface area (Å²) in [5.74, 6) is -1.12. The smallest absolute Gasteiger partial charge is 0.306 e. The number of allylic oxidation sites excluding steroid dienone is 26. The molecule has 0 unspecified atom stereocenters. The van der Waals surface area contributed by atoms with Crippen molar-refractivity contribution in [2.45, 2.75) is 219 Å². The Kier molecular flexibility index (Phi) is 53.6. The van der Waals surface area contributed by atoms with Crippen LogP contribution in [0.5, 0.6) is 0 Å². The molecule has 0 fully saturated rings. The predicted octanol–water partition coefficient (Wildman–Crippen LogP) is 19.0. The van der Waals surface area contributed by atoms with Gasteiger partial charge in [0, 0.05) is 19.3 Å². The third kappa shape index (κ3) is 55.8. The van der Waals surface area contributed by atoms with Crippen LogP contribution in [-0.2, 0) is 28.6 Å². The number of carbonyl (C=O) groups is 3. The molecule has 0 rings (SSSR count). The molecular weight excluding hydrogens is 877 g/mol. The first-order chi connectivity index (χ1) is 35.0. The number of ether oxygens (including phenoxy) is 3. The van der Waals surface area contributed by atoms with Crippen molar-refractivity contribution in [2.24, 2.45) is 0 Å². The van der Waals surface area contributed by atoms with Crippen LogP contribution in [0.15, 0.2) is 158 Å². The summed E-state index contributed by atoms with van der Waals surface area (Å²) < 4.78 is 16.7. The molecule has 1 atom stereocenters. The second kappa shape index (κ2) is 57.6. The van der Waals surface area contributed by atoms with Gasteiger partial charge in [-0.3, -0.25) is 14.4 Å². The molecule has 0 saturated heterocycles. The lowest BCUT2D eigenvalue weighted by Crippen LogP contribution is -2.30. The fourth-order valence-corrected chi connectivity index (χ4v) is 6.82. The van der Waals surface area contributed by atoms with Crippen LogP contribution >= 0.6 is 0 Å². The summed E-state index contributed by atoms with van der Waals surface area (Å²) in [4.78, 5) is 38.1. The van der Waals surface area contributed by atoms with E-state index in [4.69, 9.17) is 14.2 Å². The van der Waals surface area contributed by atoms with E-state index in [2.05, 4.69) is 167 Å². The highest BCUT2D eigenvalue weighted by atomic mass is 16.6. The first-order valence-corrected chi connectivity index (χ1v) is 28.0. The molecule has 0 aliphatic rings. The fourth-order valence-electron chi connectivity index (χ4n) is 6.82. The summed E-state index contributed by atoms with van der Waals surface area (Å²) in [5.41, 5.74) is 0. The van der Waals surface area contributed by atoms with E-state index in [1.165, 1.54) is 51.4 Å². The molecule has 0 bridgehead atoms. The van der Waals surface area contributed by atoms with Gasteiger partial charge in [0.05, 0.1) is 0 Å². The Morgan fingerprint density at radius 2 is 0.592 bits per heavy atom. The van der Waals surface area contributed by atoms with Gasteiger partial charge in [0.1, 0.15) is 13.2 Å². The minimum Gasteiger partial charge on any atom is -0.462 e. The Morgan fingerprint density at radius 3 is 0.972 bits per heavy atom. The fraction of sp³-hybridized carbons (Fsp3) is 0.554. The predicted molar refractivity (Wildman–Crippen MR) is 306 cm³/mol. The normalized spacial score (nSPS) is 13.3. The quantitative estimate of drug-likeness (QED) is 0.0262. The van der Waals surface area contributed by atoms with Gasteiger partial charge in [0.25, 0.3) is 0 Å². The van der Waals surface area contributed by atoms with Gasteiger partial charge in [-0.25, -0.2) is 0 Å². The number of hydrogen-bond acceptors (Lipinski definition) is 6. The molecule has 0 aliphatic carbocycles. The molecule has 0 heterocycles. The lowest BCUT2D eigenvalue weighted by molar-refractivity contribution is -0.166. The molecule has 0 aromatic carbocycles. The molecule has 0 spiro atoms. The number of hydrogen-bond donors (Lipinski definition) is 0. The van der Waals surface area contributed by atoms with Gasteiger partial charge in [-0.1, -0.05) is 217 Å². The van der Waals surface area contributed by atoms with Crippen LogP contribution in [0.4, 0.5) is 0 Å². The topological polar surface area (TPSA) is 78.9 Å². The van der Waals surface area contributed by atoms with E-state index in [1.54, 1.807) is 0 Å². The highest BCUT2D eigenvalue weighted by Gasteiger charge is 2.19. The zero-order valence-corrected chi connectivity index (χ0v) is 45.2. The highest BCUT2D eigenvalue weighted by Crippen LogP contribution is 2.10. The van der Waals surface area contributed by atoms with E-state index in [-0.39, 0.29) is 38.0 Å². The molecule has 0 aliphatic heterocycles. The zero-order chi connectivity index (χ0) is 51.4. The molecule has 0 saturated carbocycles. The third-order valence-electron chi connectivity index (χ3n) is 11.0. The second-order valence-corrected chi connectivity index (χ2v) is 17.7. The van der Waals surface area contributed by atoms with Gasteiger partial charge in [-0.2, -0.15) is 0 Å². The van der Waals surface area contributed by atoms with Crippen LogP contribution in [-0.4, -0.2) is 37.2 Å². The Morgan fingerprint density at radius 1 is 0.296 bits per heavy atom. The molecular formula is C65H100O6. The van der Waals surface area contributed by atoms with Gasteiger partial charge in [0.2, 0.25) is 0 Å². The van der Waals surface area contributed by atoms with Crippen LogP contribution in [0.1, 0.15) is 213 Å². The summed E-state index contributed by atoms with van der Waals surface area (Å²) in [6.45, 7) is 6.32. The van der Waals surface area contributed by atoms with Crippen LogP contribution < -0.4 is 0 Å². The van der Waals surface area contributed by atoms with Gasteiger partial charge in [-0.05, 0) is 135 Å². The van der Waals surface area contributed by atoms with Gasteiger partial charge in [-0.15, -0.1) is 0 Å². The maximum Gasteiger partial charge on any atom is 0.306 e. The van der Waals surface area contributed by atoms with Crippen LogP contribution in [0.2, 0.25) is 0 Å². The van der Waals surface area contributed by atoms with E-state index < -0.39 is 12.1 Å². The van der Waals surface area contributed by atoms with Crippen LogP contribution in [0.3, 0.4) is 0 Å². The molecule has 6 heteroatoms. The SMILES string of the molecule is CC/C=C\C/C=C\C/C=C\C/C=C\C/C=C\C/C=C\CCC(=O)OC[C@@H](COC(=O)CCCCCC/C=C\C/C=C\C/C=C\CCCCC)OC(=O)CCC/C=C\C/C=C\C/C=C\C/C=C\CCCCC. The average molecular weight is 978 g/mol. The van der Waals surface area contributed by atoms with Crippen molar-refractivity contribution >= 4 is 17.9 Å². The summed E-state index contributed by atoms with van der Waals surface area (Å²) >= 11 is 0. The van der Waals surface area contributed by atoms with E-state index in [9.17, 15) is 14.4 Å². The number of rotatable bonds is 48. The maximum absolute atomic E-state index is 12.8. The summed E-state index contributed by atoms with van der Waals surface area (Å²) in [7, 11) is 0. The Bertz CT molecular complexity index is 1640. The van der Waals surface area contributed by atoms with Gasteiger partial charge < -0.3 is 14.2 Å². The summed E-state index contributed by atoms with van der Waals surface area (Å²) in [5, 5.41) is 0. The highest BCUT2D eigenvalue weighted by molar-refractivity contribution is 5.71. The van der Waals surface area contributed by atoms with Crippen LogP contribution in [0.25, 0.3) is 0 Å². The standard InChI is InChI=1S/C65H100O6/c1-4-7-10-13-16-19-22-25-28-31-32-35-37-40-43-46-49-52-55-58-64(67)70-61-62(71-65(68)59-56-53-50-47-44-41-38-34-30-27-24-21-18-15-12-9-6-3)60-69-63(66)57-54-51-48-45-42-39-36-33-29-26-23-20-17-14-11-8-5-2/h7,10,16-21,25-30,32,35-36,38-41,43,47,49-50,52,62H,4-6,8-9,11-15,22-24,31,33-34,37,42,44-46,48,51,53-61H2,1-3H3/b10-7-,19-16-,20-17-,21-18-,28-25-,29-26-,30-27-,35-32-,39-36-,41-38-,43-40-,50-47-,52-49-/t62-/m1/s1. The van der Waals surface area contributed by atoms with E-state index in [0.717, 1.165) is 109 Å². The van der Waals surface area contributed by atoms with Crippen molar-refractivity contribution in [2.75, 3.05) is 13.2 Å². The number of esters is 3. The molecule has 396 valence electrons. The van der Waals surface area contributed by atoms with Crippen molar-refractivity contribution < 1.29 is 28.6 Å². The Hall–Kier alpha value is -4.97. The molecule has 0 aromatic heterocycles. The minimum absolute atomic E-state index is 0.142. The first kappa shape index (κ1) is 66.0. The average Bonchev–Trinajstić information content (AvgIpc) is 3.37. The largest absolute Gasteiger partial charge is 0.462 e. The first-order valence-electron chi connectivity index (χ1n) is 28.0. The summed E-state index contributed by atoms with van der Waals surface area (Å²) in [6, 6.07) is 0. The van der Waals surface area contributed by atoms with E-state index in [0.29, 0.717) is 19.3 Å². The van der Waals surface area contributed by atoms with Crippen molar-refractivity contribution in [3.63, 3.8) is 0 Å². The lowest BCUT2D eigenvalue weighted by atomic mass is 10.1. The third-order valence-corrected chi connectivity index (χ3v) is 11.0. The molecule has 6 nitrogen and oxygen atoms in total. The zero-order valence-electron chi connectivity index (χ0n) is 45.2. The van der Waals surface area contributed by atoms with E-state index >= 15 is 0 Å². The van der Waals surface area contributed by atoms with Crippen molar-refractivity contribution in [3.05, 3.63) is 158 Å². The number of unbranched alkanes of at least 4 members (excludes halogenated alkanes) is 11. The lowest BCUT2D eigenvalue weighted by Gasteiger charge is -2.18. The minimum atomic E-state index is -0.855. The van der Waals surface area contributed by atoms with E-state index in [1.807, 2.05) is 12.2 Å². The molecule has 0 N–H and O–H groups in total. The Balaban J connectivity index is 4.66. The van der Waals surface area contributed by atoms with Crippen molar-refractivity contribution in [1.29, 1.82) is 0 Å². The molecule has 71 heavy (non-hydrogen) atoms. The Labute approximate surface area is 435 Å². The maximum atomic E-state index is 12.8. The van der Waals surface area contributed by atoms with Gasteiger partial charge in [0.15, 0.2) is 6.10 Å². The van der Waals surface area contributed by atoms with Crippen molar-refractivity contribution in [3.8, 4) is 0 Å². The monoisotopic (exact) mass is 977 g/mol. The molecule has 0 amide bonds. The van der Waals surface area contributed by atoms with Crippen molar-refractivity contribution in [1.82, 2.24) is 0 Å². The second-order valence-electron chi connectivity index (χ2n) is 17.7.